The Kier molecular flexibility index (Phi) is 2.45. The first-order chi connectivity index (χ1) is 8.61. The van der Waals surface area contributed by atoms with Crippen LogP contribution in [0.2, 0.25) is 0 Å². The molecule has 0 aliphatic carbocycles. The zero-order valence-corrected chi connectivity index (χ0v) is 10.1. The Labute approximate surface area is 104 Å². The van der Waals surface area contributed by atoms with Gasteiger partial charge in [-0.05, 0) is 43.0 Å². The summed E-state index contributed by atoms with van der Waals surface area (Å²) >= 11 is 0. The second-order valence-electron chi connectivity index (χ2n) is 4.73. The predicted octanol–water partition coefficient (Wildman–Crippen LogP) is 1.76. The van der Waals surface area contributed by atoms with E-state index in [9.17, 15) is 9.50 Å². The highest BCUT2D eigenvalue weighted by atomic mass is 19.1. The zero-order valence-electron chi connectivity index (χ0n) is 10.1. The van der Waals surface area contributed by atoms with Crippen LogP contribution in [0.25, 0.3) is 0 Å². The normalized spacial score (nSPS) is 22.8. The van der Waals surface area contributed by atoms with Gasteiger partial charge in [0.2, 0.25) is 0 Å². The van der Waals surface area contributed by atoms with E-state index in [-0.39, 0.29) is 5.82 Å². The molecule has 0 saturated carbocycles. The lowest BCUT2D eigenvalue weighted by molar-refractivity contribution is 0.0389. The van der Waals surface area contributed by atoms with Gasteiger partial charge in [-0.1, -0.05) is 6.07 Å². The number of fused-ring (bicyclic) bond motifs is 1. The van der Waals surface area contributed by atoms with Crippen LogP contribution in [0.4, 0.5) is 4.39 Å². The summed E-state index contributed by atoms with van der Waals surface area (Å²) in [5.74, 6) is 0.251. The van der Waals surface area contributed by atoms with Crippen LogP contribution >= 0.6 is 0 Å². The minimum absolute atomic E-state index is 0.294. The van der Waals surface area contributed by atoms with Crippen molar-refractivity contribution in [3.8, 4) is 0 Å². The molecule has 0 fully saturated rings. The lowest BCUT2D eigenvalue weighted by Crippen LogP contribution is -2.36. The molecule has 2 heterocycles. The van der Waals surface area contributed by atoms with Crippen LogP contribution in [-0.2, 0) is 12.1 Å². The van der Waals surface area contributed by atoms with Crippen LogP contribution in [0.15, 0.2) is 24.5 Å². The van der Waals surface area contributed by atoms with E-state index in [4.69, 9.17) is 0 Å². The Bertz CT molecular complexity index is 596. The van der Waals surface area contributed by atoms with Gasteiger partial charge in [-0.15, -0.1) is 0 Å². The number of aromatic nitrogens is 3. The second-order valence-corrected chi connectivity index (χ2v) is 4.73. The Morgan fingerprint density at radius 2 is 2.28 bits per heavy atom. The summed E-state index contributed by atoms with van der Waals surface area (Å²) in [5, 5.41) is 15.0. The van der Waals surface area contributed by atoms with E-state index in [1.165, 1.54) is 18.5 Å². The van der Waals surface area contributed by atoms with E-state index in [0.717, 1.165) is 18.5 Å². The van der Waals surface area contributed by atoms with Gasteiger partial charge in [-0.2, -0.15) is 5.10 Å². The average molecular weight is 247 g/mol. The smallest absolute Gasteiger partial charge is 0.163 e. The van der Waals surface area contributed by atoms with E-state index in [1.54, 1.807) is 17.7 Å². The average Bonchev–Trinajstić information content (AvgIpc) is 2.78. The number of aliphatic hydroxyl groups is 1. The van der Waals surface area contributed by atoms with Crippen molar-refractivity contribution in [3.05, 3.63) is 47.3 Å². The summed E-state index contributed by atoms with van der Waals surface area (Å²) in [6, 6.07) is 4.44. The van der Waals surface area contributed by atoms with Crippen LogP contribution in [0.1, 0.15) is 29.8 Å². The van der Waals surface area contributed by atoms with E-state index >= 15 is 0 Å². The van der Waals surface area contributed by atoms with Gasteiger partial charge in [-0.3, -0.25) is 0 Å². The molecule has 4 nitrogen and oxygen atoms in total. The monoisotopic (exact) mass is 247 g/mol. The molecule has 0 radical (unpaired) electrons. The summed E-state index contributed by atoms with van der Waals surface area (Å²) in [4.78, 5) is 4.16. The van der Waals surface area contributed by atoms with Crippen molar-refractivity contribution in [1.82, 2.24) is 14.8 Å². The second kappa shape index (κ2) is 3.88. The molecule has 5 heteroatoms. The van der Waals surface area contributed by atoms with Crippen LogP contribution < -0.4 is 0 Å². The quantitative estimate of drug-likeness (QED) is 0.835. The lowest BCUT2D eigenvalue weighted by atomic mass is 9.84. The number of halogens is 1. The summed E-state index contributed by atoms with van der Waals surface area (Å²) in [6.45, 7) is 2.56. The third-order valence-electron chi connectivity index (χ3n) is 3.53. The molecule has 0 bridgehead atoms. The molecule has 1 atom stereocenters. The first-order valence-electron chi connectivity index (χ1n) is 5.98. The van der Waals surface area contributed by atoms with Crippen molar-refractivity contribution < 1.29 is 9.50 Å². The van der Waals surface area contributed by atoms with Gasteiger partial charge in [0, 0.05) is 6.54 Å². The highest BCUT2D eigenvalue weighted by Gasteiger charge is 2.39. The van der Waals surface area contributed by atoms with Crippen molar-refractivity contribution in [3.63, 3.8) is 0 Å². The molecule has 1 N–H and O–H groups in total. The van der Waals surface area contributed by atoms with E-state index < -0.39 is 5.60 Å². The molecule has 18 heavy (non-hydrogen) atoms. The van der Waals surface area contributed by atoms with Crippen molar-refractivity contribution in [1.29, 1.82) is 0 Å². The Hall–Kier alpha value is -1.75. The Morgan fingerprint density at radius 1 is 1.44 bits per heavy atom. The van der Waals surface area contributed by atoms with E-state index in [2.05, 4.69) is 10.1 Å². The molecule has 0 amide bonds. The SMILES string of the molecule is Cc1cc(F)ccc1C1(O)CCCn2ncnc21. The summed E-state index contributed by atoms with van der Waals surface area (Å²) in [5.41, 5.74) is 0.277. The zero-order chi connectivity index (χ0) is 12.8. The fourth-order valence-corrected chi connectivity index (χ4v) is 2.69. The molecule has 94 valence electrons. The van der Waals surface area contributed by atoms with Gasteiger partial charge in [0.1, 0.15) is 17.7 Å². The molecule has 1 aliphatic rings. The van der Waals surface area contributed by atoms with Crippen molar-refractivity contribution >= 4 is 0 Å². The van der Waals surface area contributed by atoms with Gasteiger partial charge < -0.3 is 5.11 Å². The number of hydrogen-bond donors (Lipinski definition) is 1. The molecule has 1 aromatic heterocycles. The molecular weight excluding hydrogens is 233 g/mol. The van der Waals surface area contributed by atoms with Gasteiger partial charge in [0.05, 0.1) is 0 Å². The Morgan fingerprint density at radius 3 is 3.06 bits per heavy atom. The number of hydrogen-bond acceptors (Lipinski definition) is 3. The number of benzene rings is 1. The molecule has 0 spiro atoms. The van der Waals surface area contributed by atoms with Gasteiger partial charge in [-0.25, -0.2) is 14.1 Å². The summed E-state index contributed by atoms with van der Waals surface area (Å²) in [6.07, 6.45) is 2.85. The van der Waals surface area contributed by atoms with Crippen molar-refractivity contribution in [2.75, 3.05) is 0 Å². The molecular formula is C13H14FN3O. The summed E-state index contributed by atoms with van der Waals surface area (Å²) < 4.78 is 14.9. The molecule has 0 saturated heterocycles. The molecule has 2 aromatic rings. The van der Waals surface area contributed by atoms with Gasteiger partial charge >= 0.3 is 0 Å². The fourth-order valence-electron chi connectivity index (χ4n) is 2.69. The minimum atomic E-state index is -1.16. The number of rotatable bonds is 1. The molecule has 3 rings (SSSR count). The fraction of sp³-hybridized carbons (Fsp3) is 0.385. The molecule has 1 aromatic carbocycles. The maximum Gasteiger partial charge on any atom is 0.163 e. The summed E-state index contributed by atoms with van der Waals surface area (Å²) in [7, 11) is 0. The topological polar surface area (TPSA) is 50.9 Å². The van der Waals surface area contributed by atoms with E-state index in [1.807, 2.05) is 0 Å². The predicted molar refractivity (Wildman–Crippen MR) is 63.4 cm³/mol. The highest BCUT2D eigenvalue weighted by Crippen LogP contribution is 2.37. The van der Waals surface area contributed by atoms with Crippen LogP contribution in [0, 0.1) is 12.7 Å². The maximum absolute atomic E-state index is 13.2. The molecule has 1 aliphatic heterocycles. The number of nitrogens with zero attached hydrogens (tertiary/aromatic N) is 3. The van der Waals surface area contributed by atoms with Crippen molar-refractivity contribution in [2.45, 2.75) is 31.9 Å². The van der Waals surface area contributed by atoms with Gasteiger partial charge in [0.25, 0.3) is 0 Å². The Balaban J connectivity index is 2.17. The highest BCUT2D eigenvalue weighted by molar-refractivity contribution is 5.37. The van der Waals surface area contributed by atoms with Gasteiger partial charge in [0.15, 0.2) is 5.82 Å². The first kappa shape index (κ1) is 11.3. The molecule has 1 unspecified atom stereocenters. The lowest BCUT2D eigenvalue weighted by Gasteiger charge is -2.32. The maximum atomic E-state index is 13.2. The largest absolute Gasteiger partial charge is 0.377 e. The standard InChI is InChI=1S/C13H14FN3O/c1-9-7-10(14)3-4-11(9)13(18)5-2-6-17-12(13)15-8-16-17/h3-4,7-8,18H,2,5-6H2,1H3. The van der Waals surface area contributed by atoms with E-state index in [0.29, 0.717) is 17.8 Å². The first-order valence-corrected chi connectivity index (χ1v) is 5.98. The third-order valence-corrected chi connectivity index (χ3v) is 3.53. The third kappa shape index (κ3) is 1.54. The van der Waals surface area contributed by atoms with Crippen LogP contribution in [0.3, 0.4) is 0 Å². The number of aryl methyl sites for hydroxylation is 2. The van der Waals surface area contributed by atoms with Crippen LogP contribution in [0.5, 0.6) is 0 Å². The van der Waals surface area contributed by atoms with Crippen LogP contribution in [-0.4, -0.2) is 19.9 Å². The minimum Gasteiger partial charge on any atom is -0.377 e. The van der Waals surface area contributed by atoms with Crippen molar-refractivity contribution in [2.24, 2.45) is 0 Å².